The van der Waals surface area contributed by atoms with Gasteiger partial charge in [-0.15, -0.1) is 0 Å². The van der Waals surface area contributed by atoms with Crippen molar-refractivity contribution >= 4 is 17.3 Å². The average Bonchev–Trinajstić information content (AvgIpc) is 2.43. The van der Waals surface area contributed by atoms with Gasteiger partial charge in [-0.25, -0.2) is 4.39 Å². The minimum absolute atomic E-state index is 0.0384. The highest BCUT2D eigenvalue weighted by Gasteiger charge is 2.19. The Morgan fingerprint density at radius 2 is 1.95 bits per heavy atom. The second-order valence-electron chi connectivity index (χ2n) is 4.67. The molecule has 6 heteroatoms. The van der Waals surface area contributed by atoms with E-state index in [2.05, 4.69) is 5.32 Å². The van der Waals surface area contributed by atoms with Gasteiger partial charge in [0.15, 0.2) is 0 Å². The molecule has 2 aromatic rings. The summed E-state index contributed by atoms with van der Waals surface area (Å²) >= 11 is 0. The molecule has 0 aromatic heterocycles. The van der Waals surface area contributed by atoms with Gasteiger partial charge >= 0.3 is 0 Å². The molecule has 1 N–H and O–H groups in total. The molecule has 0 spiro atoms. The number of nitrogens with zero attached hydrogens (tertiary/aromatic N) is 1. The molecule has 0 saturated carbocycles. The first kappa shape index (κ1) is 14.6. The van der Waals surface area contributed by atoms with Gasteiger partial charge in [0, 0.05) is 6.07 Å². The third-order valence-corrected chi connectivity index (χ3v) is 3.03. The zero-order chi connectivity index (χ0) is 15.6. The molecule has 0 saturated heterocycles. The van der Waals surface area contributed by atoms with Crippen molar-refractivity contribution in [3.05, 3.63) is 69.0 Å². The summed E-state index contributed by atoms with van der Waals surface area (Å²) in [6.07, 6.45) is 0. The zero-order valence-corrected chi connectivity index (χ0v) is 11.5. The highest BCUT2D eigenvalue weighted by Crippen LogP contribution is 2.26. The van der Waals surface area contributed by atoms with Crippen molar-refractivity contribution < 1.29 is 14.1 Å². The van der Waals surface area contributed by atoms with Crippen LogP contribution in [0.5, 0.6) is 0 Å². The van der Waals surface area contributed by atoms with E-state index in [4.69, 9.17) is 0 Å². The minimum atomic E-state index is -0.719. The molecule has 0 unspecified atom stereocenters. The normalized spacial score (nSPS) is 10.2. The van der Waals surface area contributed by atoms with Crippen molar-refractivity contribution in [1.82, 2.24) is 0 Å². The van der Waals surface area contributed by atoms with E-state index in [1.165, 1.54) is 18.2 Å². The molecule has 1 amide bonds. The van der Waals surface area contributed by atoms with Crippen LogP contribution in [0, 0.1) is 29.8 Å². The topological polar surface area (TPSA) is 72.2 Å². The monoisotopic (exact) mass is 288 g/mol. The number of nitro groups is 1. The SMILES string of the molecule is Cc1ccc(NC(=O)c2cccc(C)c2F)c([N+](=O)[O-])c1. The van der Waals surface area contributed by atoms with E-state index in [-0.39, 0.29) is 16.9 Å². The van der Waals surface area contributed by atoms with Gasteiger partial charge in [-0.2, -0.15) is 0 Å². The summed E-state index contributed by atoms with van der Waals surface area (Å²) < 4.78 is 13.9. The van der Waals surface area contributed by atoms with E-state index in [0.717, 1.165) is 0 Å². The van der Waals surface area contributed by atoms with Crippen LogP contribution >= 0.6 is 0 Å². The second kappa shape index (κ2) is 5.70. The van der Waals surface area contributed by atoms with Gasteiger partial charge in [-0.1, -0.05) is 18.2 Å². The standard InChI is InChI=1S/C15H13FN2O3/c1-9-6-7-12(13(8-9)18(20)21)17-15(19)11-5-3-4-10(2)14(11)16/h3-8H,1-2H3,(H,17,19). The molecule has 0 aliphatic rings. The number of halogens is 1. The summed E-state index contributed by atoms with van der Waals surface area (Å²) in [4.78, 5) is 22.5. The van der Waals surface area contributed by atoms with Gasteiger partial charge in [0.05, 0.1) is 10.5 Å². The Labute approximate surface area is 120 Å². The number of nitrogens with one attached hydrogen (secondary N) is 1. The van der Waals surface area contributed by atoms with Gasteiger partial charge in [-0.3, -0.25) is 14.9 Å². The summed E-state index contributed by atoms with van der Waals surface area (Å²) in [5, 5.41) is 13.4. The summed E-state index contributed by atoms with van der Waals surface area (Å²) in [6, 6.07) is 8.84. The summed E-state index contributed by atoms with van der Waals surface area (Å²) in [7, 11) is 0. The quantitative estimate of drug-likeness (QED) is 0.692. The zero-order valence-electron chi connectivity index (χ0n) is 11.5. The van der Waals surface area contributed by atoms with Crippen molar-refractivity contribution in [2.75, 3.05) is 5.32 Å². The smallest absolute Gasteiger partial charge is 0.293 e. The van der Waals surface area contributed by atoms with Crippen LogP contribution in [0.1, 0.15) is 21.5 Å². The highest BCUT2D eigenvalue weighted by molar-refractivity contribution is 6.05. The Kier molecular flexibility index (Phi) is 3.98. The fraction of sp³-hybridized carbons (Fsp3) is 0.133. The van der Waals surface area contributed by atoms with Crippen molar-refractivity contribution in [2.24, 2.45) is 0 Å². The molecular formula is C15H13FN2O3. The molecule has 5 nitrogen and oxygen atoms in total. The van der Waals surface area contributed by atoms with E-state index < -0.39 is 16.6 Å². The average molecular weight is 288 g/mol. The van der Waals surface area contributed by atoms with Crippen LogP contribution in [-0.4, -0.2) is 10.8 Å². The summed E-state index contributed by atoms with van der Waals surface area (Å²) in [6.45, 7) is 3.25. The number of aryl methyl sites for hydroxylation is 2. The van der Waals surface area contributed by atoms with Gasteiger partial charge in [0.2, 0.25) is 0 Å². The lowest BCUT2D eigenvalue weighted by atomic mass is 10.1. The molecule has 0 heterocycles. The first-order chi connectivity index (χ1) is 9.90. The molecule has 108 valence electrons. The maximum atomic E-state index is 13.9. The predicted octanol–water partition coefficient (Wildman–Crippen LogP) is 3.60. The lowest BCUT2D eigenvalue weighted by molar-refractivity contribution is -0.384. The first-order valence-electron chi connectivity index (χ1n) is 6.21. The number of nitro benzene ring substituents is 1. The molecule has 0 fully saturated rings. The van der Waals surface area contributed by atoms with E-state index >= 15 is 0 Å². The lowest BCUT2D eigenvalue weighted by Crippen LogP contribution is -2.15. The number of benzene rings is 2. The molecule has 0 bridgehead atoms. The number of rotatable bonds is 3. The van der Waals surface area contributed by atoms with Gasteiger partial charge in [0.25, 0.3) is 11.6 Å². The molecule has 21 heavy (non-hydrogen) atoms. The van der Waals surface area contributed by atoms with E-state index in [0.29, 0.717) is 11.1 Å². The number of anilines is 1. The van der Waals surface area contributed by atoms with Crippen LogP contribution in [0.3, 0.4) is 0 Å². The Bertz CT molecular complexity index is 729. The third-order valence-electron chi connectivity index (χ3n) is 3.03. The molecule has 0 aliphatic carbocycles. The second-order valence-corrected chi connectivity index (χ2v) is 4.67. The third kappa shape index (κ3) is 3.05. The summed E-state index contributed by atoms with van der Waals surface area (Å²) in [5.74, 6) is -1.35. The fourth-order valence-electron chi connectivity index (χ4n) is 1.91. The van der Waals surface area contributed by atoms with Gasteiger partial charge in [0.1, 0.15) is 11.5 Å². The van der Waals surface area contributed by atoms with Crippen LogP contribution in [0.15, 0.2) is 36.4 Å². The van der Waals surface area contributed by atoms with E-state index in [1.54, 1.807) is 32.0 Å². The lowest BCUT2D eigenvalue weighted by Gasteiger charge is -2.08. The largest absolute Gasteiger partial charge is 0.316 e. The minimum Gasteiger partial charge on any atom is -0.316 e. The van der Waals surface area contributed by atoms with Crippen LogP contribution in [-0.2, 0) is 0 Å². The Balaban J connectivity index is 2.36. The molecular weight excluding hydrogens is 275 g/mol. The van der Waals surface area contributed by atoms with Crippen LogP contribution in [0.4, 0.5) is 15.8 Å². The number of hydrogen-bond acceptors (Lipinski definition) is 3. The number of hydrogen-bond donors (Lipinski definition) is 1. The van der Waals surface area contributed by atoms with Crippen LogP contribution in [0.25, 0.3) is 0 Å². The van der Waals surface area contributed by atoms with Crippen LogP contribution in [0.2, 0.25) is 0 Å². The van der Waals surface area contributed by atoms with Crippen molar-refractivity contribution in [3.8, 4) is 0 Å². The predicted molar refractivity (Wildman–Crippen MR) is 76.9 cm³/mol. The van der Waals surface area contributed by atoms with Crippen LogP contribution < -0.4 is 5.32 Å². The summed E-state index contributed by atoms with van der Waals surface area (Å²) in [5.41, 5.74) is 0.695. The molecule has 0 radical (unpaired) electrons. The molecule has 0 atom stereocenters. The van der Waals surface area contributed by atoms with Gasteiger partial charge in [-0.05, 0) is 37.1 Å². The highest BCUT2D eigenvalue weighted by atomic mass is 19.1. The van der Waals surface area contributed by atoms with E-state index in [1.807, 2.05) is 0 Å². The molecule has 2 rings (SSSR count). The maximum Gasteiger partial charge on any atom is 0.293 e. The first-order valence-corrected chi connectivity index (χ1v) is 6.21. The van der Waals surface area contributed by atoms with Gasteiger partial charge < -0.3 is 5.32 Å². The molecule has 0 aliphatic heterocycles. The Hall–Kier alpha value is -2.76. The van der Waals surface area contributed by atoms with Crippen molar-refractivity contribution in [1.29, 1.82) is 0 Å². The fourth-order valence-corrected chi connectivity index (χ4v) is 1.91. The number of amides is 1. The Morgan fingerprint density at radius 1 is 1.24 bits per heavy atom. The van der Waals surface area contributed by atoms with Crippen molar-refractivity contribution in [2.45, 2.75) is 13.8 Å². The van der Waals surface area contributed by atoms with Crippen molar-refractivity contribution in [3.63, 3.8) is 0 Å². The maximum absolute atomic E-state index is 13.9. The number of carbonyl (C=O) groups excluding carboxylic acids is 1. The Morgan fingerprint density at radius 3 is 2.62 bits per heavy atom. The van der Waals surface area contributed by atoms with E-state index in [9.17, 15) is 19.3 Å². The number of carbonyl (C=O) groups is 1. The molecule has 2 aromatic carbocycles.